The highest BCUT2D eigenvalue weighted by molar-refractivity contribution is 6.31. The number of nitrogens with one attached hydrogen (secondary N) is 2. The minimum absolute atomic E-state index is 0.0732. The Morgan fingerprint density at radius 2 is 1.79 bits per heavy atom. The van der Waals surface area contributed by atoms with Crippen LogP contribution in [0.5, 0.6) is 0 Å². The van der Waals surface area contributed by atoms with Gasteiger partial charge in [0.15, 0.2) is 0 Å². The maximum absolute atomic E-state index is 12.7. The topological polar surface area (TPSA) is 128 Å². The first-order chi connectivity index (χ1) is 20.2. The molecule has 4 N–H and O–H groups in total. The van der Waals surface area contributed by atoms with Crippen LogP contribution in [0, 0.1) is 0 Å². The van der Waals surface area contributed by atoms with Gasteiger partial charge in [0, 0.05) is 47.7 Å². The molecule has 0 aliphatic rings. The maximum Gasteiger partial charge on any atom is 0.309 e. The van der Waals surface area contributed by atoms with Crippen LogP contribution in [0.1, 0.15) is 17.2 Å². The molecular formula is C31H31Cl2N5O4. The van der Waals surface area contributed by atoms with E-state index in [1.165, 1.54) is 30.3 Å². The highest BCUT2D eigenvalue weighted by atomic mass is 35.5. The van der Waals surface area contributed by atoms with Crippen molar-refractivity contribution in [3.05, 3.63) is 123 Å². The van der Waals surface area contributed by atoms with Crippen molar-refractivity contribution in [3.63, 3.8) is 0 Å². The number of hydrogen-bond donors (Lipinski definition) is 3. The maximum atomic E-state index is 12.7. The molecule has 0 aliphatic heterocycles. The van der Waals surface area contributed by atoms with E-state index in [1.54, 1.807) is 18.2 Å². The summed E-state index contributed by atoms with van der Waals surface area (Å²) >= 11 is 11.8. The van der Waals surface area contributed by atoms with Crippen LogP contribution in [-0.4, -0.2) is 36.0 Å². The molecule has 0 saturated heterocycles. The molecule has 11 heteroatoms. The average molecular weight is 609 g/mol. The molecule has 4 aromatic rings. The largest absolute Gasteiger partial charge is 0.469 e. The molecule has 0 amide bonds. The first-order valence-electron chi connectivity index (χ1n) is 12.8. The van der Waals surface area contributed by atoms with Gasteiger partial charge in [-0.25, -0.2) is 4.98 Å². The number of halogens is 2. The van der Waals surface area contributed by atoms with E-state index < -0.39 is 6.04 Å². The SMILES string of the molecule is CNc1ccc(CC(=O)OC)cc1.N/C(Cl)=C\Nc1ccc(Cl)cc1-c1cc(=O)n(C(C=O)Cc2ccccc2)cn1. The van der Waals surface area contributed by atoms with Crippen LogP contribution in [0.25, 0.3) is 11.3 Å². The van der Waals surface area contributed by atoms with Crippen molar-refractivity contribution in [2.45, 2.75) is 18.9 Å². The van der Waals surface area contributed by atoms with Crippen LogP contribution >= 0.6 is 23.2 Å². The summed E-state index contributed by atoms with van der Waals surface area (Å²) in [6.45, 7) is 0. The van der Waals surface area contributed by atoms with E-state index >= 15 is 0 Å². The van der Waals surface area contributed by atoms with Crippen molar-refractivity contribution < 1.29 is 14.3 Å². The number of nitrogens with zero attached hydrogens (tertiary/aromatic N) is 2. The van der Waals surface area contributed by atoms with Gasteiger partial charge in [0.05, 0.1) is 31.6 Å². The number of rotatable bonds is 10. The number of methoxy groups -OCH3 is 1. The normalized spacial score (nSPS) is 11.5. The van der Waals surface area contributed by atoms with Crippen molar-refractivity contribution >= 4 is 46.8 Å². The Hall–Kier alpha value is -4.60. The Labute approximate surface area is 253 Å². The number of esters is 1. The van der Waals surface area contributed by atoms with Gasteiger partial charge in [0.25, 0.3) is 5.56 Å². The summed E-state index contributed by atoms with van der Waals surface area (Å²) in [7, 11) is 3.25. The molecule has 3 aromatic carbocycles. The van der Waals surface area contributed by atoms with Gasteiger partial charge >= 0.3 is 5.97 Å². The molecule has 0 saturated carbocycles. The zero-order valence-corrected chi connectivity index (χ0v) is 24.6. The van der Waals surface area contributed by atoms with Crippen molar-refractivity contribution in [3.8, 4) is 11.3 Å². The van der Waals surface area contributed by atoms with E-state index in [0.29, 0.717) is 34.8 Å². The number of carbonyl (C=O) groups is 2. The predicted octanol–water partition coefficient (Wildman–Crippen LogP) is 5.40. The Balaban J connectivity index is 0.000000312. The molecule has 0 fully saturated rings. The second-order valence-electron chi connectivity index (χ2n) is 8.98. The minimum atomic E-state index is -0.651. The number of benzene rings is 3. The van der Waals surface area contributed by atoms with Crippen LogP contribution < -0.4 is 21.9 Å². The number of carbonyl (C=O) groups excluding carboxylic acids is 2. The van der Waals surface area contributed by atoms with E-state index in [1.807, 2.05) is 61.6 Å². The van der Waals surface area contributed by atoms with Crippen LogP contribution in [-0.2, 0) is 27.2 Å². The molecule has 1 atom stereocenters. The van der Waals surface area contributed by atoms with Gasteiger partial charge in [-0.3, -0.25) is 14.2 Å². The molecule has 9 nitrogen and oxygen atoms in total. The fourth-order valence-corrected chi connectivity index (χ4v) is 4.13. The van der Waals surface area contributed by atoms with E-state index in [0.717, 1.165) is 23.1 Å². The van der Waals surface area contributed by atoms with Crippen molar-refractivity contribution in [1.29, 1.82) is 0 Å². The predicted molar refractivity (Wildman–Crippen MR) is 168 cm³/mol. The minimum Gasteiger partial charge on any atom is -0.469 e. The highest BCUT2D eigenvalue weighted by Crippen LogP contribution is 2.29. The van der Waals surface area contributed by atoms with Gasteiger partial charge in [0.2, 0.25) is 0 Å². The number of aldehydes is 1. The van der Waals surface area contributed by atoms with Gasteiger partial charge in [-0.1, -0.05) is 65.7 Å². The lowest BCUT2D eigenvalue weighted by molar-refractivity contribution is -0.139. The lowest BCUT2D eigenvalue weighted by Gasteiger charge is -2.15. The molecule has 0 spiro atoms. The monoisotopic (exact) mass is 607 g/mol. The molecule has 4 rings (SSSR count). The van der Waals surface area contributed by atoms with Crippen molar-refractivity contribution in [2.24, 2.45) is 5.73 Å². The number of nitrogens with two attached hydrogens (primary N) is 1. The second kappa shape index (κ2) is 16.0. The van der Waals surface area contributed by atoms with Crippen molar-refractivity contribution in [1.82, 2.24) is 9.55 Å². The smallest absolute Gasteiger partial charge is 0.309 e. The summed E-state index contributed by atoms with van der Waals surface area (Å²) in [4.78, 5) is 39.6. The number of aromatic nitrogens is 2. The third-order valence-electron chi connectivity index (χ3n) is 6.08. The Morgan fingerprint density at radius 3 is 2.38 bits per heavy atom. The second-order valence-corrected chi connectivity index (χ2v) is 9.85. The zero-order chi connectivity index (χ0) is 30.5. The van der Waals surface area contributed by atoms with Crippen LogP contribution in [0.2, 0.25) is 5.02 Å². The van der Waals surface area contributed by atoms with E-state index in [4.69, 9.17) is 28.9 Å². The fraction of sp³-hybridized carbons (Fsp3) is 0.161. The Morgan fingerprint density at radius 1 is 1.07 bits per heavy atom. The molecular weight excluding hydrogens is 577 g/mol. The molecule has 1 heterocycles. The fourth-order valence-electron chi connectivity index (χ4n) is 3.90. The van der Waals surface area contributed by atoms with Crippen molar-refractivity contribution in [2.75, 3.05) is 24.8 Å². The Kier molecular flexibility index (Phi) is 12.2. The third kappa shape index (κ3) is 9.50. The molecule has 218 valence electrons. The molecule has 1 unspecified atom stereocenters. The standard InChI is InChI=1S/C21H18Cl2N4O2.C10H13NO2/c22-15-6-7-18(25-11-20(23)24)17(9-15)19-10-21(29)27(13-26-19)16(12-28)8-14-4-2-1-3-5-14;1-11-9-5-3-8(4-6-9)7-10(12)13-2/h1-7,9-13,16,25H,8,24H2;3-6,11H,7H2,1-2H3/b20-11-;. The van der Waals surface area contributed by atoms with Crippen LogP contribution in [0.4, 0.5) is 11.4 Å². The van der Waals surface area contributed by atoms with Gasteiger partial charge in [-0.15, -0.1) is 0 Å². The first-order valence-corrected chi connectivity index (χ1v) is 13.6. The summed E-state index contributed by atoms with van der Waals surface area (Å²) < 4.78 is 5.87. The quantitative estimate of drug-likeness (QED) is 0.124. The third-order valence-corrected chi connectivity index (χ3v) is 6.42. The lowest BCUT2D eigenvalue weighted by atomic mass is 10.1. The molecule has 1 aromatic heterocycles. The molecule has 0 aliphatic carbocycles. The van der Waals surface area contributed by atoms with Gasteiger partial charge in [0.1, 0.15) is 11.4 Å². The van der Waals surface area contributed by atoms with Gasteiger partial charge < -0.3 is 25.9 Å². The van der Waals surface area contributed by atoms with Gasteiger partial charge in [-0.2, -0.15) is 0 Å². The molecule has 42 heavy (non-hydrogen) atoms. The molecule has 0 bridgehead atoms. The lowest BCUT2D eigenvalue weighted by Crippen LogP contribution is -2.27. The first kappa shape index (κ1) is 31.9. The summed E-state index contributed by atoms with van der Waals surface area (Å²) in [6, 6.07) is 23.0. The van der Waals surface area contributed by atoms with Gasteiger partial charge in [-0.05, 0) is 41.5 Å². The average Bonchev–Trinajstić information content (AvgIpc) is 3.00. The summed E-state index contributed by atoms with van der Waals surface area (Å²) in [5.41, 5.74) is 9.68. The number of ether oxygens (including phenoxy) is 1. The summed E-state index contributed by atoms with van der Waals surface area (Å²) in [6.07, 6.45) is 4.26. The van der Waals surface area contributed by atoms with Crippen LogP contribution in [0.3, 0.4) is 0 Å². The number of hydrogen-bond acceptors (Lipinski definition) is 8. The molecule has 0 radical (unpaired) electrons. The highest BCUT2D eigenvalue weighted by Gasteiger charge is 2.15. The summed E-state index contributed by atoms with van der Waals surface area (Å²) in [5.74, 6) is -0.211. The zero-order valence-electron chi connectivity index (χ0n) is 23.1. The summed E-state index contributed by atoms with van der Waals surface area (Å²) in [5, 5.41) is 6.52. The van der Waals surface area contributed by atoms with E-state index in [-0.39, 0.29) is 16.7 Å². The number of anilines is 2. The van der Waals surface area contributed by atoms with E-state index in [2.05, 4.69) is 20.4 Å². The van der Waals surface area contributed by atoms with Crippen LogP contribution in [0.15, 0.2) is 101 Å². The Bertz CT molecular complexity index is 1570. The van der Waals surface area contributed by atoms with E-state index in [9.17, 15) is 14.4 Å².